The molecule has 0 saturated carbocycles. The quantitative estimate of drug-likeness (QED) is 0.703. The fraction of sp³-hybridized carbons (Fsp3) is 0.500. The van der Waals surface area contributed by atoms with Crippen molar-refractivity contribution in [2.45, 2.75) is 45.5 Å². The maximum absolute atomic E-state index is 13.6. The summed E-state index contributed by atoms with van der Waals surface area (Å²) in [6.07, 6.45) is -1.97. The fourth-order valence-corrected chi connectivity index (χ4v) is 3.63. The normalized spacial score (nSPS) is 19.8. The van der Waals surface area contributed by atoms with Gasteiger partial charge in [0.2, 0.25) is 0 Å². The van der Waals surface area contributed by atoms with Gasteiger partial charge in [-0.3, -0.25) is 4.79 Å². The molecule has 1 aromatic rings. The highest BCUT2D eigenvalue weighted by Gasteiger charge is 2.47. The van der Waals surface area contributed by atoms with Crippen LogP contribution in [0, 0.1) is 0 Å². The molecule has 1 fully saturated rings. The molecule has 0 N–H and O–H groups in total. The van der Waals surface area contributed by atoms with Crippen LogP contribution in [-0.2, 0) is 10.9 Å². The summed E-state index contributed by atoms with van der Waals surface area (Å²) in [4.78, 5) is 28.0. The number of rotatable bonds is 1. The average Bonchev–Trinajstić information content (AvgIpc) is 2.84. The molecule has 2 aliphatic heterocycles. The second-order valence-electron chi connectivity index (χ2n) is 7.97. The maximum atomic E-state index is 13.6. The van der Waals surface area contributed by atoms with Gasteiger partial charge in [0.05, 0.1) is 17.2 Å². The Kier molecular flexibility index (Phi) is 4.93. The highest BCUT2D eigenvalue weighted by molar-refractivity contribution is 6.01. The number of ether oxygens (including phenoxy) is 1. The monoisotopic (exact) mass is 396 g/mol. The van der Waals surface area contributed by atoms with Gasteiger partial charge in [0.1, 0.15) is 5.60 Å². The summed E-state index contributed by atoms with van der Waals surface area (Å²) >= 11 is 0. The third-order valence-corrected chi connectivity index (χ3v) is 4.72. The molecule has 1 saturated heterocycles. The fourth-order valence-electron chi connectivity index (χ4n) is 3.63. The highest BCUT2D eigenvalue weighted by atomic mass is 19.4. The van der Waals surface area contributed by atoms with E-state index in [4.69, 9.17) is 4.74 Å². The molecule has 3 rings (SSSR count). The Bertz CT molecular complexity index is 840. The van der Waals surface area contributed by atoms with Gasteiger partial charge < -0.3 is 14.5 Å². The lowest BCUT2D eigenvalue weighted by Gasteiger charge is -2.38. The third-order valence-electron chi connectivity index (χ3n) is 4.72. The molecule has 0 radical (unpaired) electrons. The molecular weight excluding hydrogens is 373 g/mol. The van der Waals surface area contributed by atoms with Gasteiger partial charge in [0.15, 0.2) is 0 Å². The van der Waals surface area contributed by atoms with E-state index in [-0.39, 0.29) is 25.2 Å². The molecule has 1 aromatic carbocycles. The van der Waals surface area contributed by atoms with Crippen molar-refractivity contribution in [3.63, 3.8) is 0 Å². The number of benzene rings is 1. The van der Waals surface area contributed by atoms with Crippen LogP contribution in [0.5, 0.6) is 0 Å². The minimum atomic E-state index is -4.64. The number of piperazine rings is 1. The summed E-state index contributed by atoms with van der Waals surface area (Å²) in [6.45, 7) is 7.42. The number of nitrogens with zero attached hydrogens (tertiary/aromatic N) is 2. The number of allylic oxidation sites excluding steroid dienone is 1. The van der Waals surface area contributed by atoms with Crippen LogP contribution in [-0.4, -0.2) is 47.0 Å². The van der Waals surface area contributed by atoms with E-state index in [1.165, 1.54) is 9.80 Å². The van der Waals surface area contributed by atoms with Crippen molar-refractivity contribution in [2.24, 2.45) is 0 Å². The first-order valence-corrected chi connectivity index (χ1v) is 9.09. The summed E-state index contributed by atoms with van der Waals surface area (Å²) < 4.78 is 46.3. The molecule has 2 aliphatic rings. The van der Waals surface area contributed by atoms with Crippen molar-refractivity contribution in [3.8, 4) is 0 Å². The lowest BCUT2D eigenvalue weighted by atomic mass is 9.95. The smallest absolute Gasteiger partial charge is 0.417 e. The average molecular weight is 396 g/mol. The van der Waals surface area contributed by atoms with Crippen LogP contribution in [0.15, 0.2) is 18.2 Å². The maximum Gasteiger partial charge on any atom is 0.417 e. The first-order valence-electron chi connectivity index (χ1n) is 9.09. The standard InChI is InChI=1S/C20H23F3N2O3/c1-5-6-12-9-13-15-11-24(18(27)28-19(2,3)4)7-8-25(15)17(26)16(13)14(10-12)20(21,22)23/h5-6,9-10,15H,7-8,11H2,1-4H3/t15-/m0/s1. The zero-order chi connectivity index (χ0) is 20.9. The highest BCUT2D eigenvalue weighted by Crippen LogP contribution is 2.44. The first-order chi connectivity index (χ1) is 12.9. The lowest BCUT2D eigenvalue weighted by molar-refractivity contribution is -0.138. The third kappa shape index (κ3) is 3.72. The van der Waals surface area contributed by atoms with Crippen LogP contribution in [0.3, 0.4) is 0 Å². The van der Waals surface area contributed by atoms with Crippen molar-refractivity contribution >= 4 is 18.1 Å². The Morgan fingerprint density at radius 3 is 2.46 bits per heavy atom. The molecule has 0 aliphatic carbocycles. The first kappa shape index (κ1) is 20.2. The number of fused-ring (bicyclic) bond motifs is 3. The summed E-state index contributed by atoms with van der Waals surface area (Å²) in [5, 5.41) is 0. The Morgan fingerprint density at radius 2 is 1.89 bits per heavy atom. The van der Waals surface area contributed by atoms with Crippen LogP contribution in [0.25, 0.3) is 6.08 Å². The predicted octanol–water partition coefficient (Wildman–Crippen LogP) is 4.49. The number of halogens is 3. The molecule has 28 heavy (non-hydrogen) atoms. The Hall–Kier alpha value is -2.51. The molecular formula is C20H23F3N2O3. The van der Waals surface area contributed by atoms with Gasteiger partial charge >= 0.3 is 12.3 Å². The number of carbonyl (C=O) groups excluding carboxylic acids is 2. The van der Waals surface area contributed by atoms with Gasteiger partial charge in [-0.2, -0.15) is 13.2 Å². The van der Waals surface area contributed by atoms with E-state index in [1.54, 1.807) is 45.9 Å². The molecule has 0 unspecified atom stereocenters. The number of carbonyl (C=O) groups is 2. The van der Waals surface area contributed by atoms with Crippen LogP contribution in [0.2, 0.25) is 0 Å². The van der Waals surface area contributed by atoms with Crippen molar-refractivity contribution in [2.75, 3.05) is 19.6 Å². The van der Waals surface area contributed by atoms with Crippen LogP contribution in [0.4, 0.5) is 18.0 Å². The number of hydrogen-bond donors (Lipinski definition) is 0. The lowest BCUT2D eigenvalue weighted by Crippen LogP contribution is -2.50. The SMILES string of the molecule is CC=Cc1cc2c(c(C(F)(F)F)c1)C(=O)N1CCN(C(=O)OC(C)(C)C)C[C@@H]21. The van der Waals surface area contributed by atoms with Crippen LogP contribution >= 0.6 is 0 Å². The summed E-state index contributed by atoms with van der Waals surface area (Å²) in [6, 6.07) is 1.99. The van der Waals surface area contributed by atoms with E-state index < -0.39 is 35.4 Å². The minimum Gasteiger partial charge on any atom is -0.444 e. The second kappa shape index (κ2) is 6.83. The largest absolute Gasteiger partial charge is 0.444 e. The molecule has 1 atom stereocenters. The Morgan fingerprint density at radius 1 is 1.21 bits per heavy atom. The number of amides is 2. The molecule has 0 spiro atoms. The van der Waals surface area contributed by atoms with E-state index >= 15 is 0 Å². The summed E-state index contributed by atoms with van der Waals surface area (Å²) in [5.41, 5.74) is -1.24. The Balaban J connectivity index is 2.01. The zero-order valence-electron chi connectivity index (χ0n) is 16.3. The van der Waals surface area contributed by atoms with Crippen LogP contribution < -0.4 is 0 Å². The van der Waals surface area contributed by atoms with Gasteiger partial charge in [0, 0.05) is 19.6 Å². The second-order valence-corrected chi connectivity index (χ2v) is 7.97. The molecule has 0 bridgehead atoms. The van der Waals surface area contributed by atoms with E-state index in [0.29, 0.717) is 11.1 Å². The summed E-state index contributed by atoms with van der Waals surface area (Å²) in [5.74, 6) is -0.636. The molecule has 2 heterocycles. The van der Waals surface area contributed by atoms with Crippen LogP contribution in [0.1, 0.15) is 60.8 Å². The minimum absolute atomic E-state index is 0.101. The molecule has 8 heteroatoms. The zero-order valence-corrected chi connectivity index (χ0v) is 16.3. The van der Waals surface area contributed by atoms with E-state index in [2.05, 4.69) is 0 Å². The molecule has 2 amide bonds. The summed E-state index contributed by atoms with van der Waals surface area (Å²) in [7, 11) is 0. The molecule has 0 aromatic heterocycles. The Labute approximate surface area is 161 Å². The van der Waals surface area contributed by atoms with Gasteiger partial charge in [-0.25, -0.2) is 4.79 Å². The topological polar surface area (TPSA) is 49.9 Å². The number of alkyl halides is 3. The number of hydrogen-bond acceptors (Lipinski definition) is 3. The van der Waals surface area contributed by atoms with Crippen molar-refractivity contribution < 1.29 is 27.5 Å². The molecule has 5 nitrogen and oxygen atoms in total. The van der Waals surface area contributed by atoms with Gasteiger partial charge in [-0.05, 0) is 51.0 Å². The predicted molar refractivity (Wildman–Crippen MR) is 97.7 cm³/mol. The van der Waals surface area contributed by atoms with E-state index in [1.807, 2.05) is 0 Å². The van der Waals surface area contributed by atoms with E-state index in [9.17, 15) is 22.8 Å². The van der Waals surface area contributed by atoms with Crippen molar-refractivity contribution in [1.29, 1.82) is 0 Å². The molecule has 152 valence electrons. The van der Waals surface area contributed by atoms with E-state index in [0.717, 1.165) is 6.07 Å². The van der Waals surface area contributed by atoms with Crippen molar-refractivity contribution in [3.05, 3.63) is 40.5 Å². The van der Waals surface area contributed by atoms with Gasteiger partial charge in [-0.1, -0.05) is 12.2 Å². The van der Waals surface area contributed by atoms with Gasteiger partial charge in [0.25, 0.3) is 5.91 Å². The van der Waals surface area contributed by atoms with Gasteiger partial charge in [-0.15, -0.1) is 0 Å². The van der Waals surface area contributed by atoms with Crippen molar-refractivity contribution in [1.82, 2.24) is 9.80 Å².